The molecule has 0 aliphatic carbocycles. The lowest BCUT2D eigenvalue weighted by atomic mass is 10.2. The second-order valence-electron chi connectivity index (χ2n) is 3.61. The second kappa shape index (κ2) is 12.6. The maximum Gasteiger partial charge on any atom is 0.330 e. The second-order valence-corrected chi connectivity index (χ2v) is 3.61. The first kappa shape index (κ1) is 19.5. The third kappa shape index (κ3) is 14.1. The lowest BCUT2D eigenvalue weighted by molar-refractivity contribution is -0.133. The van der Waals surface area contributed by atoms with Gasteiger partial charge in [0.1, 0.15) is 0 Å². The van der Waals surface area contributed by atoms with Crippen LogP contribution in [0.5, 0.6) is 0 Å². The fourth-order valence-corrected chi connectivity index (χ4v) is 1.00. The number of aliphatic hydroxyl groups is 1. The zero-order valence-corrected chi connectivity index (χ0v) is 11.5. The van der Waals surface area contributed by atoms with Crippen LogP contribution in [-0.4, -0.2) is 51.9 Å². The zero-order valence-electron chi connectivity index (χ0n) is 11.5. The van der Waals surface area contributed by atoms with E-state index < -0.39 is 11.9 Å². The van der Waals surface area contributed by atoms with Crippen molar-refractivity contribution in [1.29, 1.82) is 0 Å². The molecule has 0 radical (unpaired) electrons. The highest BCUT2D eigenvalue weighted by molar-refractivity contribution is 5.85. The van der Waals surface area contributed by atoms with E-state index in [0.717, 1.165) is 19.2 Å². The van der Waals surface area contributed by atoms with Gasteiger partial charge >= 0.3 is 11.9 Å². The lowest BCUT2D eigenvalue weighted by Gasteiger charge is -2.13. The molecule has 0 fully saturated rings. The van der Waals surface area contributed by atoms with E-state index in [-0.39, 0.29) is 12.2 Å². The van der Waals surface area contributed by atoms with Crippen LogP contribution in [-0.2, 0) is 9.59 Å². The third-order valence-electron chi connectivity index (χ3n) is 2.18. The van der Waals surface area contributed by atoms with Gasteiger partial charge in [0.25, 0.3) is 0 Å². The van der Waals surface area contributed by atoms with Crippen molar-refractivity contribution in [3.8, 4) is 0 Å². The van der Waals surface area contributed by atoms with E-state index in [0.29, 0.717) is 12.8 Å². The summed E-state index contributed by atoms with van der Waals surface area (Å²) in [6.07, 6.45) is 3.58. The molecule has 19 heavy (non-hydrogen) atoms. The summed E-state index contributed by atoms with van der Waals surface area (Å²) < 4.78 is 0. The van der Waals surface area contributed by atoms with E-state index in [1.165, 1.54) is 0 Å². The van der Waals surface area contributed by atoms with Crippen LogP contribution >= 0.6 is 0 Å². The first-order valence-electron chi connectivity index (χ1n) is 6.06. The van der Waals surface area contributed by atoms with Gasteiger partial charge in [-0.3, -0.25) is 0 Å². The summed E-state index contributed by atoms with van der Waals surface area (Å²) in [5.41, 5.74) is 0.157. The van der Waals surface area contributed by atoms with Crippen LogP contribution in [0.25, 0.3) is 0 Å². The van der Waals surface area contributed by atoms with Crippen LogP contribution < -0.4 is 0 Å². The molecule has 0 bridgehead atoms. The summed E-state index contributed by atoms with van der Waals surface area (Å²) in [6, 6.07) is 0. The summed E-state index contributed by atoms with van der Waals surface area (Å²) >= 11 is 0. The molecular formula is C13H23NO5. The van der Waals surface area contributed by atoms with Crippen LogP contribution in [0.3, 0.4) is 0 Å². The van der Waals surface area contributed by atoms with Gasteiger partial charge in [0.05, 0.1) is 0 Å². The largest absolute Gasteiger partial charge is 0.478 e. The number of aliphatic hydroxyl groups excluding tert-OH is 1. The number of nitrogens with zero attached hydrogens (tertiary/aromatic N) is 1. The Bertz CT molecular complexity index is 308. The Morgan fingerprint density at radius 2 is 1.74 bits per heavy atom. The van der Waals surface area contributed by atoms with Gasteiger partial charge < -0.3 is 20.2 Å². The van der Waals surface area contributed by atoms with Crippen LogP contribution in [0.4, 0.5) is 0 Å². The summed E-state index contributed by atoms with van der Waals surface area (Å²) in [4.78, 5) is 22.0. The molecule has 0 amide bonds. The Morgan fingerprint density at radius 3 is 2.05 bits per heavy atom. The minimum atomic E-state index is -0.983. The topological polar surface area (TPSA) is 98.1 Å². The molecule has 6 nitrogen and oxygen atoms in total. The molecule has 110 valence electrons. The quantitative estimate of drug-likeness (QED) is 0.577. The summed E-state index contributed by atoms with van der Waals surface area (Å²) in [5, 5.41) is 24.7. The molecule has 0 aromatic carbocycles. The fraction of sp³-hybridized carbons (Fsp3) is 0.538. The molecule has 3 N–H and O–H groups in total. The van der Waals surface area contributed by atoms with Crippen molar-refractivity contribution in [2.24, 2.45) is 0 Å². The molecule has 0 saturated carbocycles. The molecule has 0 atom stereocenters. The molecule has 0 heterocycles. The van der Waals surface area contributed by atoms with Gasteiger partial charge in [-0.2, -0.15) is 0 Å². The number of carboxylic acid groups (broad SMARTS) is 2. The van der Waals surface area contributed by atoms with E-state index >= 15 is 0 Å². The molecule has 0 aliphatic heterocycles. The predicted octanol–water partition coefficient (Wildman–Crippen LogP) is 1.33. The van der Waals surface area contributed by atoms with Gasteiger partial charge in [0.2, 0.25) is 0 Å². The van der Waals surface area contributed by atoms with Gasteiger partial charge in [-0.25, -0.2) is 9.59 Å². The number of hydrogen-bond acceptors (Lipinski definition) is 4. The lowest BCUT2D eigenvalue weighted by Crippen LogP contribution is -2.15. The highest BCUT2D eigenvalue weighted by Crippen LogP contribution is 2.00. The predicted molar refractivity (Wildman–Crippen MR) is 72.8 cm³/mol. The van der Waals surface area contributed by atoms with Crippen molar-refractivity contribution in [3.05, 3.63) is 24.4 Å². The van der Waals surface area contributed by atoms with Crippen LogP contribution in [0.1, 0.15) is 26.7 Å². The minimum Gasteiger partial charge on any atom is -0.478 e. The Balaban J connectivity index is 0. The molecule has 0 saturated heterocycles. The summed E-state index contributed by atoms with van der Waals surface area (Å²) in [5.74, 6) is -1.88. The monoisotopic (exact) mass is 273 g/mol. The average molecular weight is 273 g/mol. The maximum atomic E-state index is 10.0. The van der Waals surface area contributed by atoms with E-state index in [9.17, 15) is 9.59 Å². The highest BCUT2D eigenvalue weighted by atomic mass is 16.4. The average Bonchev–Trinajstić information content (AvgIpc) is 2.37. The number of aliphatic carboxylic acids is 2. The summed E-state index contributed by atoms with van der Waals surface area (Å²) in [6.45, 7) is 8.96. The van der Waals surface area contributed by atoms with E-state index in [4.69, 9.17) is 15.3 Å². The highest BCUT2D eigenvalue weighted by Gasteiger charge is 2.00. The summed E-state index contributed by atoms with van der Waals surface area (Å²) in [7, 11) is 0. The molecule has 0 aromatic heterocycles. The van der Waals surface area contributed by atoms with Crippen molar-refractivity contribution in [1.82, 2.24) is 4.90 Å². The molecule has 0 aromatic rings. The van der Waals surface area contributed by atoms with Gasteiger partial charge in [-0.05, 0) is 26.7 Å². The minimum absolute atomic E-state index is 0.0201. The normalized spacial score (nSPS) is 9.63. The molecular weight excluding hydrogens is 250 g/mol. The smallest absolute Gasteiger partial charge is 0.330 e. The number of rotatable bonds is 8. The van der Waals surface area contributed by atoms with Crippen molar-refractivity contribution < 1.29 is 24.9 Å². The molecule has 0 rings (SSSR count). The van der Waals surface area contributed by atoms with E-state index in [1.807, 2.05) is 18.7 Å². The van der Waals surface area contributed by atoms with Crippen molar-refractivity contribution >= 4 is 11.9 Å². The van der Waals surface area contributed by atoms with Crippen molar-refractivity contribution in [3.63, 3.8) is 0 Å². The van der Waals surface area contributed by atoms with E-state index in [1.54, 1.807) is 6.20 Å². The molecule has 0 unspecified atom stereocenters. The fourth-order valence-electron chi connectivity index (χ4n) is 1.00. The van der Waals surface area contributed by atoms with Gasteiger partial charge in [-0.15, -0.1) is 0 Å². The first-order valence-corrected chi connectivity index (χ1v) is 6.06. The van der Waals surface area contributed by atoms with Crippen molar-refractivity contribution in [2.45, 2.75) is 26.7 Å². The van der Waals surface area contributed by atoms with Crippen molar-refractivity contribution in [2.75, 3.05) is 19.7 Å². The third-order valence-corrected chi connectivity index (χ3v) is 2.18. The standard InChI is InChI=1S/C7H13NO2.C6H10O3/c1-3-8(4-2)6-5-7(9)10;1-5(6(8)9)3-2-4-7/h5-6H,3-4H2,1-2H3,(H,9,10);7H,1-4H2,(H,8,9). The van der Waals surface area contributed by atoms with Gasteiger partial charge in [0, 0.05) is 37.5 Å². The van der Waals surface area contributed by atoms with Gasteiger partial charge in [-0.1, -0.05) is 6.58 Å². The Labute approximate surface area is 113 Å². The number of carbonyl (C=O) groups is 2. The van der Waals surface area contributed by atoms with Crippen LogP contribution in [0.2, 0.25) is 0 Å². The zero-order chi connectivity index (χ0) is 15.3. The number of hydrogen-bond donors (Lipinski definition) is 3. The maximum absolute atomic E-state index is 10.0. The van der Waals surface area contributed by atoms with Gasteiger partial charge in [0.15, 0.2) is 0 Å². The Hall–Kier alpha value is -1.82. The van der Waals surface area contributed by atoms with Crippen LogP contribution in [0, 0.1) is 0 Å². The number of carboxylic acids is 2. The SMILES string of the molecule is C=C(CCCO)C(=O)O.CCN(C=CC(=O)O)CC. The first-order chi connectivity index (χ1) is 8.88. The molecule has 6 heteroatoms. The Morgan fingerprint density at radius 1 is 1.21 bits per heavy atom. The molecule has 0 spiro atoms. The van der Waals surface area contributed by atoms with Crippen LogP contribution in [0.15, 0.2) is 24.4 Å². The van der Waals surface area contributed by atoms with E-state index in [2.05, 4.69) is 6.58 Å². The molecule has 0 aliphatic rings. The Kier molecular flexibility index (Phi) is 13.0.